The number of piperidine rings is 1. The highest BCUT2D eigenvalue weighted by Gasteiger charge is 2.31. The number of piperazine rings is 1. The first-order chi connectivity index (χ1) is 15.7. The lowest BCUT2D eigenvalue weighted by Gasteiger charge is -2.43. The molecule has 1 atom stereocenters. The Kier molecular flexibility index (Phi) is 8.73. The van der Waals surface area contributed by atoms with Gasteiger partial charge in [-0.3, -0.25) is 24.2 Å². The van der Waals surface area contributed by atoms with Crippen molar-refractivity contribution in [3.63, 3.8) is 0 Å². The summed E-state index contributed by atoms with van der Waals surface area (Å²) in [6, 6.07) is 4.48. The molecule has 2 aliphatic heterocycles. The second-order valence-corrected chi connectivity index (χ2v) is 9.63. The molecular weight excluding hydrogens is 420 g/mol. The molecule has 8 heteroatoms. The van der Waals surface area contributed by atoms with Crippen LogP contribution in [0.5, 0.6) is 5.75 Å². The van der Waals surface area contributed by atoms with Crippen LogP contribution in [0.3, 0.4) is 0 Å². The summed E-state index contributed by atoms with van der Waals surface area (Å²) in [6.07, 6.45) is 2.70. The predicted octanol–water partition coefficient (Wildman–Crippen LogP) is 1.82. The van der Waals surface area contributed by atoms with Gasteiger partial charge in [-0.05, 0) is 49.8 Å². The third kappa shape index (κ3) is 6.46. The van der Waals surface area contributed by atoms with Gasteiger partial charge in [0.1, 0.15) is 5.75 Å². The van der Waals surface area contributed by atoms with E-state index in [1.807, 2.05) is 37.8 Å². The lowest BCUT2D eigenvalue weighted by molar-refractivity contribution is -0.170. The van der Waals surface area contributed by atoms with E-state index >= 15 is 0 Å². The Hall–Kier alpha value is -2.16. The second kappa shape index (κ2) is 11.3. The summed E-state index contributed by atoms with van der Waals surface area (Å²) in [5, 5.41) is 11.3. The number of benzene rings is 1. The molecule has 0 aromatic heterocycles. The molecule has 184 valence electrons. The van der Waals surface area contributed by atoms with Crippen LogP contribution in [0.15, 0.2) is 12.1 Å². The first-order valence-electron chi connectivity index (χ1n) is 12.0. The number of carbonyl (C=O) groups is 2. The van der Waals surface area contributed by atoms with Gasteiger partial charge in [-0.2, -0.15) is 0 Å². The third-order valence-electron chi connectivity index (χ3n) is 7.20. The van der Waals surface area contributed by atoms with Crippen LogP contribution >= 0.6 is 0 Å². The van der Waals surface area contributed by atoms with E-state index in [1.165, 1.54) is 12.2 Å². The average Bonchev–Trinajstić information content (AvgIpc) is 2.82. The van der Waals surface area contributed by atoms with E-state index in [-0.39, 0.29) is 17.7 Å². The number of aryl methyl sites for hydroxylation is 2. The summed E-state index contributed by atoms with van der Waals surface area (Å²) >= 11 is 0. The van der Waals surface area contributed by atoms with E-state index in [9.17, 15) is 14.7 Å². The number of rotatable bonds is 7. The maximum absolute atomic E-state index is 13.1. The number of likely N-dealkylation sites (tertiary alicyclic amines) is 1. The molecule has 0 bridgehead atoms. The molecule has 2 saturated heterocycles. The van der Waals surface area contributed by atoms with Gasteiger partial charge in [0.25, 0.3) is 5.91 Å². The molecule has 2 aliphatic rings. The van der Waals surface area contributed by atoms with Crippen molar-refractivity contribution in [2.24, 2.45) is 5.92 Å². The topological polar surface area (TPSA) is 76.6 Å². The van der Waals surface area contributed by atoms with Crippen LogP contribution in [0.2, 0.25) is 0 Å². The standard InChI is InChI=1S/C25H40N4O4/c1-18-14-21(15-19(2)24(18)31)16-20(3)25(32)29-8-6-22(7-9-29)28-12-10-27(11-13-28)17-23(30)26(4)33-5/h14-15,20,22,31H,6-13,16-17H2,1-5H3/t20-/m1/s1. The Balaban J connectivity index is 1.43. The molecule has 0 spiro atoms. The van der Waals surface area contributed by atoms with Crippen LogP contribution in [0, 0.1) is 19.8 Å². The second-order valence-electron chi connectivity index (χ2n) is 9.63. The number of hydroxylamine groups is 2. The van der Waals surface area contributed by atoms with Crippen molar-refractivity contribution in [2.45, 2.75) is 46.1 Å². The minimum atomic E-state index is -0.0730. The van der Waals surface area contributed by atoms with Crippen LogP contribution in [0.1, 0.15) is 36.5 Å². The van der Waals surface area contributed by atoms with Crippen LogP contribution < -0.4 is 0 Å². The molecule has 1 aromatic rings. The molecule has 2 amide bonds. The molecule has 33 heavy (non-hydrogen) atoms. The molecule has 0 aliphatic carbocycles. The van der Waals surface area contributed by atoms with Crippen molar-refractivity contribution in [3.05, 3.63) is 28.8 Å². The number of phenolic OH excluding ortho intramolecular Hbond substituents is 1. The van der Waals surface area contributed by atoms with Gasteiger partial charge < -0.3 is 10.0 Å². The SMILES string of the molecule is CON(C)C(=O)CN1CCN(C2CCN(C(=O)[C@H](C)Cc3cc(C)c(O)c(C)c3)CC2)CC1. The highest BCUT2D eigenvalue weighted by atomic mass is 16.7. The van der Waals surface area contributed by atoms with Gasteiger partial charge in [0, 0.05) is 58.3 Å². The van der Waals surface area contributed by atoms with E-state index in [4.69, 9.17) is 4.84 Å². The molecule has 2 fully saturated rings. The van der Waals surface area contributed by atoms with Crippen molar-refractivity contribution in [2.75, 3.05) is 60.0 Å². The predicted molar refractivity (Wildman–Crippen MR) is 128 cm³/mol. The monoisotopic (exact) mass is 460 g/mol. The molecule has 0 unspecified atom stereocenters. The normalized spacial score (nSPS) is 19.5. The lowest BCUT2D eigenvalue weighted by atomic mass is 9.95. The summed E-state index contributed by atoms with van der Waals surface area (Å²) in [5.74, 6) is 0.470. The number of phenols is 1. The zero-order valence-electron chi connectivity index (χ0n) is 20.8. The summed E-state index contributed by atoms with van der Waals surface area (Å²) < 4.78 is 0. The van der Waals surface area contributed by atoms with Crippen LogP contribution in [-0.4, -0.2) is 103 Å². The zero-order valence-corrected chi connectivity index (χ0v) is 20.8. The molecule has 2 heterocycles. The number of hydrogen-bond donors (Lipinski definition) is 1. The van der Waals surface area contributed by atoms with Crippen LogP contribution in [0.25, 0.3) is 0 Å². The average molecular weight is 461 g/mol. The molecule has 1 N–H and O–H groups in total. The number of carbonyl (C=O) groups excluding carboxylic acids is 2. The first-order valence-corrected chi connectivity index (χ1v) is 12.0. The van der Waals surface area contributed by atoms with Gasteiger partial charge in [0.05, 0.1) is 13.7 Å². The Morgan fingerprint density at radius 3 is 2.21 bits per heavy atom. The van der Waals surface area contributed by atoms with Gasteiger partial charge in [0.2, 0.25) is 5.91 Å². The molecule has 1 aromatic carbocycles. The van der Waals surface area contributed by atoms with Gasteiger partial charge in [0.15, 0.2) is 0 Å². The number of hydrogen-bond acceptors (Lipinski definition) is 6. The van der Waals surface area contributed by atoms with Crippen LogP contribution in [0.4, 0.5) is 0 Å². The molecule has 0 saturated carbocycles. The Labute approximate surface area is 198 Å². The van der Waals surface area contributed by atoms with Crippen molar-refractivity contribution >= 4 is 11.8 Å². The Morgan fingerprint density at radius 2 is 1.67 bits per heavy atom. The van der Waals surface area contributed by atoms with Crippen molar-refractivity contribution in [1.82, 2.24) is 19.8 Å². The van der Waals surface area contributed by atoms with Crippen molar-refractivity contribution in [1.29, 1.82) is 0 Å². The zero-order chi connectivity index (χ0) is 24.1. The largest absolute Gasteiger partial charge is 0.507 e. The van der Waals surface area contributed by atoms with Gasteiger partial charge in [-0.25, -0.2) is 5.06 Å². The highest BCUT2D eigenvalue weighted by molar-refractivity contribution is 5.79. The Morgan fingerprint density at radius 1 is 1.09 bits per heavy atom. The van der Waals surface area contributed by atoms with Crippen molar-refractivity contribution in [3.8, 4) is 5.75 Å². The number of amides is 2. The fraction of sp³-hybridized carbons (Fsp3) is 0.680. The maximum Gasteiger partial charge on any atom is 0.259 e. The van der Waals surface area contributed by atoms with Crippen LogP contribution in [-0.2, 0) is 20.8 Å². The molecule has 0 radical (unpaired) electrons. The summed E-state index contributed by atoms with van der Waals surface area (Å²) in [6.45, 7) is 11.5. The minimum absolute atomic E-state index is 0.0236. The smallest absolute Gasteiger partial charge is 0.259 e. The first kappa shape index (κ1) is 25.5. The summed E-state index contributed by atoms with van der Waals surface area (Å²) in [5.41, 5.74) is 2.83. The fourth-order valence-corrected chi connectivity index (χ4v) is 5.05. The minimum Gasteiger partial charge on any atom is -0.507 e. The quantitative estimate of drug-likeness (QED) is 0.626. The van der Waals surface area contributed by atoms with Gasteiger partial charge >= 0.3 is 0 Å². The van der Waals surface area contributed by atoms with E-state index in [0.29, 0.717) is 24.8 Å². The van der Waals surface area contributed by atoms with E-state index in [0.717, 1.165) is 68.8 Å². The molecule has 8 nitrogen and oxygen atoms in total. The number of nitrogens with zero attached hydrogens (tertiary/aromatic N) is 4. The van der Waals surface area contributed by atoms with E-state index < -0.39 is 0 Å². The third-order valence-corrected chi connectivity index (χ3v) is 7.20. The van der Waals surface area contributed by atoms with Crippen molar-refractivity contribution < 1.29 is 19.5 Å². The number of aromatic hydroxyl groups is 1. The van der Waals surface area contributed by atoms with Gasteiger partial charge in [-0.15, -0.1) is 0 Å². The summed E-state index contributed by atoms with van der Waals surface area (Å²) in [7, 11) is 3.14. The molecular formula is C25H40N4O4. The molecule has 3 rings (SSSR count). The van der Waals surface area contributed by atoms with E-state index in [1.54, 1.807) is 7.05 Å². The fourth-order valence-electron chi connectivity index (χ4n) is 5.05. The Bertz CT molecular complexity index is 807. The highest BCUT2D eigenvalue weighted by Crippen LogP contribution is 2.25. The van der Waals surface area contributed by atoms with Gasteiger partial charge in [-0.1, -0.05) is 19.1 Å². The number of likely N-dealkylation sites (N-methyl/N-ethyl adjacent to an activating group) is 1. The lowest BCUT2D eigenvalue weighted by Crippen LogP contribution is -2.55. The maximum atomic E-state index is 13.1. The summed E-state index contributed by atoms with van der Waals surface area (Å²) in [4.78, 5) is 36.8. The van der Waals surface area contributed by atoms with E-state index in [2.05, 4.69) is 9.80 Å².